The summed E-state index contributed by atoms with van der Waals surface area (Å²) in [6.45, 7) is 6.73. The smallest absolute Gasteiger partial charge is 0.0455 e. The van der Waals surface area contributed by atoms with Gasteiger partial charge in [0.15, 0.2) is 0 Å². The number of rotatable bonds is 2. The van der Waals surface area contributed by atoms with Crippen molar-refractivity contribution in [3.8, 4) is 0 Å². The molecule has 1 aliphatic rings. The Labute approximate surface area is 114 Å². The summed E-state index contributed by atoms with van der Waals surface area (Å²) in [6.07, 6.45) is 1.16. The van der Waals surface area contributed by atoms with Gasteiger partial charge in [0.25, 0.3) is 0 Å². The molecule has 0 radical (unpaired) electrons. The van der Waals surface area contributed by atoms with E-state index < -0.39 is 0 Å². The minimum atomic E-state index is 0.556. The van der Waals surface area contributed by atoms with Crippen LogP contribution >= 0.6 is 23.2 Å². The first-order valence-corrected chi connectivity index (χ1v) is 7.01. The van der Waals surface area contributed by atoms with Crippen LogP contribution in [0.4, 0.5) is 0 Å². The van der Waals surface area contributed by atoms with Gasteiger partial charge in [-0.1, -0.05) is 43.1 Å². The van der Waals surface area contributed by atoms with Crippen molar-refractivity contribution >= 4 is 23.2 Å². The van der Waals surface area contributed by atoms with Crippen molar-refractivity contribution < 1.29 is 0 Å². The minimum absolute atomic E-state index is 0.556. The third-order valence-corrected chi connectivity index (χ3v) is 4.31. The Hall–Kier alpha value is -0.240. The van der Waals surface area contributed by atoms with Crippen LogP contribution in [0.1, 0.15) is 31.7 Å². The van der Waals surface area contributed by atoms with Crippen molar-refractivity contribution in [3.63, 3.8) is 0 Å². The summed E-state index contributed by atoms with van der Waals surface area (Å²) in [4.78, 5) is 0. The van der Waals surface area contributed by atoms with E-state index in [0.29, 0.717) is 22.8 Å². The Balaban J connectivity index is 2.29. The molecular formula is C14H19Cl2N. The van der Waals surface area contributed by atoms with E-state index in [2.05, 4.69) is 25.2 Å². The van der Waals surface area contributed by atoms with Crippen LogP contribution in [0.2, 0.25) is 10.0 Å². The van der Waals surface area contributed by atoms with Crippen molar-refractivity contribution in [1.29, 1.82) is 0 Å². The molecule has 1 saturated heterocycles. The van der Waals surface area contributed by atoms with Gasteiger partial charge in [-0.2, -0.15) is 0 Å². The normalized spacial score (nSPS) is 25.2. The maximum absolute atomic E-state index is 6.33. The molecule has 2 unspecified atom stereocenters. The van der Waals surface area contributed by atoms with Crippen molar-refractivity contribution in [3.05, 3.63) is 33.8 Å². The summed E-state index contributed by atoms with van der Waals surface area (Å²) < 4.78 is 0. The van der Waals surface area contributed by atoms with E-state index in [-0.39, 0.29) is 0 Å². The van der Waals surface area contributed by atoms with Crippen LogP contribution in [0.25, 0.3) is 0 Å². The van der Waals surface area contributed by atoms with Crippen LogP contribution < -0.4 is 5.32 Å². The second kappa shape index (κ2) is 5.60. The molecule has 3 heteroatoms. The monoisotopic (exact) mass is 271 g/mol. The lowest BCUT2D eigenvalue weighted by molar-refractivity contribution is 0.255. The standard InChI is InChI=1S/C14H19Cl2N/c1-9(2)13-8-17-6-5-11(13)12-4-3-10(15)7-14(12)16/h3-4,7,9,11,13,17H,5-6,8H2,1-2H3. The lowest BCUT2D eigenvalue weighted by Gasteiger charge is -2.35. The second-order valence-corrected chi connectivity index (χ2v) is 6.02. The highest BCUT2D eigenvalue weighted by Crippen LogP contribution is 2.38. The summed E-state index contributed by atoms with van der Waals surface area (Å²) >= 11 is 12.3. The van der Waals surface area contributed by atoms with Gasteiger partial charge >= 0.3 is 0 Å². The largest absolute Gasteiger partial charge is 0.316 e. The predicted molar refractivity (Wildman–Crippen MR) is 75.0 cm³/mol. The van der Waals surface area contributed by atoms with Gasteiger partial charge in [0, 0.05) is 10.0 Å². The number of nitrogens with one attached hydrogen (secondary N) is 1. The summed E-state index contributed by atoms with van der Waals surface area (Å²) in [7, 11) is 0. The lowest BCUT2D eigenvalue weighted by Crippen LogP contribution is -2.38. The molecule has 0 aromatic heterocycles. The van der Waals surface area contributed by atoms with Crippen molar-refractivity contribution in [2.75, 3.05) is 13.1 Å². The molecule has 17 heavy (non-hydrogen) atoms. The first kappa shape index (κ1) is 13.2. The molecule has 1 heterocycles. The molecule has 1 nitrogen and oxygen atoms in total. The average molecular weight is 272 g/mol. The van der Waals surface area contributed by atoms with E-state index in [0.717, 1.165) is 24.5 Å². The van der Waals surface area contributed by atoms with Crippen LogP contribution in [0.3, 0.4) is 0 Å². The first-order valence-electron chi connectivity index (χ1n) is 6.25. The highest BCUT2D eigenvalue weighted by atomic mass is 35.5. The average Bonchev–Trinajstić information content (AvgIpc) is 2.29. The molecular weight excluding hydrogens is 253 g/mol. The SMILES string of the molecule is CC(C)C1CNCCC1c1ccc(Cl)cc1Cl. The topological polar surface area (TPSA) is 12.0 Å². The fourth-order valence-electron chi connectivity index (χ4n) is 2.77. The Morgan fingerprint density at radius 3 is 2.71 bits per heavy atom. The summed E-state index contributed by atoms with van der Waals surface area (Å²) in [5.74, 6) is 1.88. The number of halogens is 2. The van der Waals surface area contributed by atoms with E-state index >= 15 is 0 Å². The van der Waals surface area contributed by atoms with E-state index in [1.54, 1.807) is 0 Å². The van der Waals surface area contributed by atoms with Crippen LogP contribution in [0.5, 0.6) is 0 Å². The van der Waals surface area contributed by atoms with Crippen LogP contribution in [0.15, 0.2) is 18.2 Å². The maximum Gasteiger partial charge on any atom is 0.0455 e. The van der Waals surface area contributed by atoms with Gasteiger partial charge in [0.1, 0.15) is 0 Å². The van der Waals surface area contributed by atoms with Crippen molar-refractivity contribution in [1.82, 2.24) is 5.32 Å². The molecule has 1 aromatic carbocycles. The van der Waals surface area contributed by atoms with Gasteiger partial charge in [0.2, 0.25) is 0 Å². The van der Waals surface area contributed by atoms with E-state index in [1.165, 1.54) is 5.56 Å². The number of hydrogen-bond acceptors (Lipinski definition) is 1. The fraction of sp³-hybridized carbons (Fsp3) is 0.571. The molecule has 2 rings (SSSR count). The van der Waals surface area contributed by atoms with Gasteiger partial charge in [-0.15, -0.1) is 0 Å². The Morgan fingerprint density at radius 2 is 2.06 bits per heavy atom. The highest BCUT2D eigenvalue weighted by molar-refractivity contribution is 6.35. The van der Waals surface area contributed by atoms with Crippen molar-refractivity contribution in [2.24, 2.45) is 11.8 Å². The zero-order chi connectivity index (χ0) is 12.4. The number of benzene rings is 1. The molecule has 1 fully saturated rings. The summed E-state index contributed by atoms with van der Waals surface area (Å²) in [5.41, 5.74) is 1.26. The Bertz CT molecular complexity index is 390. The highest BCUT2D eigenvalue weighted by Gasteiger charge is 2.29. The molecule has 0 amide bonds. The van der Waals surface area contributed by atoms with Crippen molar-refractivity contribution in [2.45, 2.75) is 26.2 Å². The van der Waals surface area contributed by atoms with E-state index in [1.807, 2.05) is 12.1 Å². The van der Waals surface area contributed by atoms with E-state index in [4.69, 9.17) is 23.2 Å². The van der Waals surface area contributed by atoms with E-state index in [9.17, 15) is 0 Å². The minimum Gasteiger partial charge on any atom is -0.316 e. The van der Waals surface area contributed by atoms with Crippen LogP contribution in [0, 0.1) is 11.8 Å². The fourth-order valence-corrected chi connectivity index (χ4v) is 3.32. The Kier molecular flexibility index (Phi) is 4.35. The maximum atomic E-state index is 6.33. The molecule has 1 aromatic rings. The summed E-state index contributed by atoms with van der Waals surface area (Å²) in [6, 6.07) is 5.90. The first-order chi connectivity index (χ1) is 8.09. The van der Waals surface area contributed by atoms with Gasteiger partial charge in [-0.3, -0.25) is 0 Å². The summed E-state index contributed by atoms with van der Waals surface area (Å²) in [5, 5.41) is 5.01. The number of piperidine rings is 1. The van der Waals surface area contributed by atoms with Gasteiger partial charge < -0.3 is 5.32 Å². The lowest BCUT2D eigenvalue weighted by atomic mass is 9.75. The zero-order valence-electron chi connectivity index (χ0n) is 10.3. The molecule has 94 valence electrons. The molecule has 1 aliphatic heterocycles. The Morgan fingerprint density at radius 1 is 1.29 bits per heavy atom. The molecule has 0 saturated carbocycles. The molecule has 0 spiro atoms. The molecule has 0 aliphatic carbocycles. The van der Waals surface area contributed by atoms with Gasteiger partial charge in [-0.05, 0) is 55.0 Å². The van der Waals surface area contributed by atoms with Crippen LogP contribution in [-0.4, -0.2) is 13.1 Å². The number of hydrogen-bond donors (Lipinski definition) is 1. The predicted octanol–water partition coefficient (Wildman–Crippen LogP) is 4.34. The quantitative estimate of drug-likeness (QED) is 0.844. The van der Waals surface area contributed by atoms with Crippen LogP contribution in [-0.2, 0) is 0 Å². The second-order valence-electron chi connectivity index (χ2n) is 5.17. The van der Waals surface area contributed by atoms with Gasteiger partial charge in [0.05, 0.1) is 0 Å². The third-order valence-electron chi connectivity index (χ3n) is 3.75. The zero-order valence-corrected chi connectivity index (χ0v) is 11.9. The molecule has 2 atom stereocenters. The third kappa shape index (κ3) is 2.96. The molecule has 0 bridgehead atoms. The molecule has 1 N–H and O–H groups in total. The van der Waals surface area contributed by atoms with Gasteiger partial charge in [-0.25, -0.2) is 0 Å².